The zero-order chi connectivity index (χ0) is 16.2. The first-order valence-electron chi connectivity index (χ1n) is 7.52. The van der Waals surface area contributed by atoms with E-state index in [2.05, 4.69) is 44.9 Å². The van der Waals surface area contributed by atoms with Crippen LogP contribution < -0.4 is 4.90 Å². The Bertz CT molecular complexity index is 768. The van der Waals surface area contributed by atoms with Gasteiger partial charge in [-0.1, -0.05) is 28.1 Å². The number of nitrogens with zero attached hydrogens (tertiary/aromatic N) is 4. The molecule has 0 atom stereocenters. The lowest BCUT2D eigenvalue weighted by Gasteiger charge is -2.22. The van der Waals surface area contributed by atoms with Crippen molar-refractivity contribution < 1.29 is 4.42 Å². The third-order valence-electron chi connectivity index (χ3n) is 3.59. The number of furan rings is 1. The first kappa shape index (κ1) is 15.7. The van der Waals surface area contributed by atoms with Crippen molar-refractivity contribution in [1.82, 2.24) is 15.2 Å². The van der Waals surface area contributed by atoms with Gasteiger partial charge in [-0.15, -0.1) is 10.2 Å². The molecule has 1 aromatic carbocycles. The fraction of sp³-hybridized carbons (Fsp3) is 0.235. The van der Waals surface area contributed by atoms with Gasteiger partial charge in [-0.25, -0.2) is 4.98 Å². The molecule has 3 aromatic rings. The maximum absolute atomic E-state index is 5.39. The van der Waals surface area contributed by atoms with Gasteiger partial charge in [-0.2, -0.15) is 0 Å². The van der Waals surface area contributed by atoms with Crippen LogP contribution in [0.15, 0.2) is 51.6 Å². The SMILES string of the molecule is CCN(CC)c1nc(-c2ccco2)nnc1-c1ccc(Br)cc1. The smallest absolute Gasteiger partial charge is 0.219 e. The molecular weight excluding hydrogens is 356 g/mol. The summed E-state index contributed by atoms with van der Waals surface area (Å²) in [7, 11) is 0. The third kappa shape index (κ3) is 3.27. The van der Waals surface area contributed by atoms with Gasteiger partial charge in [0.1, 0.15) is 5.69 Å². The molecule has 2 aromatic heterocycles. The van der Waals surface area contributed by atoms with Crippen molar-refractivity contribution in [3.8, 4) is 22.8 Å². The van der Waals surface area contributed by atoms with Gasteiger partial charge in [0.05, 0.1) is 6.26 Å². The molecular formula is C17H17BrN4O. The Balaban J connectivity index is 2.12. The molecule has 3 rings (SSSR count). The van der Waals surface area contributed by atoms with Crippen molar-refractivity contribution >= 4 is 21.7 Å². The maximum atomic E-state index is 5.39. The van der Waals surface area contributed by atoms with Crippen molar-refractivity contribution in [2.45, 2.75) is 13.8 Å². The van der Waals surface area contributed by atoms with Crippen LogP contribution in [0.4, 0.5) is 5.82 Å². The van der Waals surface area contributed by atoms with E-state index in [0.717, 1.165) is 34.6 Å². The molecule has 0 unspecified atom stereocenters. The maximum Gasteiger partial charge on any atom is 0.219 e. The van der Waals surface area contributed by atoms with Gasteiger partial charge in [-0.3, -0.25) is 0 Å². The van der Waals surface area contributed by atoms with E-state index in [1.807, 2.05) is 36.4 Å². The fourth-order valence-corrected chi connectivity index (χ4v) is 2.63. The zero-order valence-corrected chi connectivity index (χ0v) is 14.6. The Kier molecular flexibility index (Phi) is 4.71. The molecule has 0 amide bonds. The second-order valence-electron chi connectivity index (χ2n) is 4.96. The Hall–Kier alpha value is -2.21. The fourth-order valence-electron chi connectivity index (χ4n) is 2.37. The Morgan fingerprint density at radius 3 is 2.39 bits per heavy atom. The van der Waals surface area contributed by atoms with Crippen LogP contribution in [0, 0.1) is 0 Å². The highest BCUT2D eigenvalue weighted by atomic mass is 79.9. The van der Waals surface area contributed by atoms with Gasteiger partial charge in [0.15, 0.2) is 11.6 Å². The average molecular weight is 373 g/mol. The molecule has 0 saturated carbocycles. The van der Waals surface area contributed by atoms with Crippen LogP contribution in [0.25, 0.3) is 22.8 Å². The molecule has 0 aliphatic carbocycles. The van der Waals surface area contributed by atoms with Crippen LogP contribution in [0.3, 0.4) is 0 Å². The second kappa shape index (κ2) is 6.91. The van der Waals surface area contributed by atoms with E-state index in [1.165, 1.54) is 0 Å². The number of anilines is 1. The van der Waals surface area contributed by atoms with Crippen LogP contribution in [0.5, 0.6) is 0 Å². The van der Waals surface area contributed by atoms with Gasteiger partial charge >= 0.3 is 0 Å². The minimum atomic E-state index is 0.498. The zero-order valence-electron chi connectivity index (χ0n) is 13.0. The highest BCUT2D eigenvalue weighted by molar-refractivity contribution is 9.10. The largest absolute Gasteiger partial charge is 0.461 e. The minimum Gasteiger partial charge on any atom is -0.461 e. The Morgan fingerprint density at radius 1 is 1.04 bits per heavy atom. The Labute approximate surface area is 143 Å². The standard InChI is InChI=1S/C17H17BrN4O/c1-3-22(4-2)17-15(12-7-9-13(18)10-8-12)20-21-16(19-17)14-6-5-11-23-14/h5-11H,3-4H2,1-2H3. The van der Waals surface area contributed by atoms with Gasteiger partial charge < -0.3 is 9.32 Å². The quantitative estimate of drug-likeness (QED) is 0.663. The molecule has 0 fully saturated rings. The Morgan fingerprint density at radius 2 is 1.78 bits per heavy atom. The summed E-state index contributed by atoms with van der Waals surface area (Å²) in [6.45, 7) is 5.89. The summed E-state index contributed by atoms with van der Waals surface area (Å²) in [5.41, 5.74) is 1.76. The van der Waals surface area contributed by atoms with E-state index < -0.39 is 0 Å². The van der Waals surface area contributed by atoms with E-state index in [0.29, 0.717) is 11.6 Å². The lowest BCUT2D eigenvalue weighted by atomic mass is 10.1. The second-order valence-corrected chi connectivity index (χ2v) is 5.88. The molecule has 0 N–H and O–H groups in total. The molecule has 0 aliphatic rings. The van der Waals surface area contributed by atoms with Crippen molar-refractivity contribution in [2.75, 3.05) is 18.0 Å². The molecule has 0 bridgehead atoms. The molecule has 0 aliphatic heterocycles. The molecule has 0 spiro atoms. The first-order chi connectivity index (χ1) is 11.2. The molecule has 2 heterocycles. The van der Waals surface area contributed by atoms with Gasteiger partial charge in [0.25, 0.3) is 0 Å². The summed E-state index contributed by atoms with van der Waals surface area (Å²) < 4.78 is 6.42. The van der Waals surface area contributed by atoms with Crippen LogP contribution in [-0.4, -0.2) is 28.3 Å². The number of rotatable bonds is 5. The molecule has 23 heavy (non-hydrogen) atoms. The lowest BCUT2D eigenvalue weighted by Crippen LogP contribution is -2.24. The number of hydrogen-bond donors (Lipinski definition) is 0. The van der Waals surface area contributed by atoms with E-state index in [-0.39, 0.29) is 0 Å². The van der Waals surface area contributed by atoms with Crippen LogP contribution >= 0.6 is 15.9 Å². The van der Waals surface area contributed by atoms with E-state index in [1.54, 1.807) is 6.26 Å². The molecule has 0 saturated heterocycles. The number of hydrogen-bond acceptors (Lipinski definition) is 5. The van der Waals surface area contributed by atoms with E-state index in [4.69, 9.17) is 9.40 Å². The van der Waals surface area contributed by atoms with Gasteiger partial charge in [-0.05, 0) is 38.1 Å². The van der Waals surface area contributed by atoms with Crippen LogP contribution in [0.2, 0.25) is 0 Å². The summed E-state index contributed by atoms with van der Waals surface area (Å²) in [5.74, 6) is 1.93. The van der Waals surface area contributed by atoms with Crippen LogP contribution in [-0.2, 0) is 0 Å². The van der Waals surface area contributed by atoms with E-state index in [9.17, 15) is 0 Å². The molecule has 6 heteroatoms. The molecule has 0 radical (unpaired) electrons. The number of benzene rings is 1. The monoisotopic (exact) mass is 372 g/mol. The summed E-state index contributed by atoms with van der Waals surface area (Å²) in [4.78, 5) is 6.87. The summed E-state index contributed by atoms with van der Waals surface area (Å²) in [5, 5.41) is 8.66. The third-order valence-corrected chi connectivity index (χ3v) is 4.12. The van der Waals surface area contributed by atoms with Crippen molar-refractivity contribution in [3.63, 3.8) is 0 Å². The van der Waals surface area contributed by atoms with Crippen LogP contribution in [0.1, 0.15) is 13.8 Å². The number of halogens is 1. The van der Waals surface area contributed by atoms with E-state index >= 15 is 0 Å². The predicted octanol–water partition coefficient (Wildman–Crippen LogP) is 4.41. The summed E-state index contributed by atoms with van der Waals surface area (Å²) in [6, 6.07) is 11.7. The summed E-state index contributed by atoms with van der Waals surface area (Å²) >= 11 is 3.46. The minimum absolute atomic E-state index is 0.498. The highest BCUT2D eigenvalue weighted by Crippen LogP contribution is 2.29. The van der Waals surface area contributed by atoms with Gasteiger partial charge in [0.2, 0.25) is 5.82 Å². The lowest BCUT2D eigenvalue weighted by molar-refractivity contribution is 0.575. The topological polar surface area (TPSA) is 55.1 Å². The molecule has 5 nitrogen and oxygen atoms in total. The predicted molar refractivity (Wildman–Crippen MR) is 94.2 cm³/mol. The normalized spacial score (nSPS) is 10.7. The van der Waals surface area contributed by atoms with Crippen molar-refractivity contribution in [2.24, 2.45) is 0 Å². The average Bonchev–Trinajstić information content (AvgIpc) is 3.11. The van der Waals surface area contributed by atoms with Crippen molar-refractivity contribution in [3.05, 3.63) is 47.1 Å². The van der Waals surface area contributed by atoms with Crippen molar-refractivity contribution in [1.29, 1.82) is 0 Å². The summed E-state index contributed by atoms with van der Waals surface area (Å²) in [6.07, 6.45) is 1.61. The molecule has 118 valence electrons. The first-order valence-corrected chi connectivity index (χ1v) is 8.31. The van der Waals surface area contributed by atoms with Gasteiger partial charge in [0, 0.05) is 23.1 Å². The highest BCUT2D eigenvalue weighted by Gasteiger charge is 2.17. The number of aromatic nitrogens is 3.